The molecule has 1 aliphatic rings. The van der Waals surface area contributed by atoms with Crippen molar-refractivity contribution in [2.45, 2.75) is 25.8 Å². The van der Waals surface area contributed by atoms with Gasteiger partial charge in [-0.05, 0) is 43.2 Å². The van der Waals surface area contributed by atoms with E-state index in [4.69, 9.17) is 10.5 Å². The number of fused-ring (bicyclic) bond motifs is 1. The van der Waals surface area contributed by atoms with Gasteiger partial charge in [0.2, 0.25) is 5.91 Å². The van der Waals surface area contributed by atoms with E-state index in [-0.39, 0.29) is 17.8 Å². The van der Waals surface area contributed by atoms with Gasteiger partial charge >= 0.3 is 6.01 Å². The summed E-state index contributed by atoms with van der Waals surface area (Å²) < 4.78 is 7.95. The van der Waals surface area contributed by atoms with E-state index in [0.717, 1.165) is 40.8 Å². The summed E-state index contributed by atoms with van der Waals surface area (Å²) in [7, 11) is 0. The topological polar surface area (TPSA) is 112 Å². The van der Waals surface area contributed by atoms with Crippen LogP contribution in [0.3, 0.4) is 0 Å². The van der Waals surface area contributed by atoms with E-state index in [2.05, 4.69) is 38.0 Å². The summed E-state index contributed by atoms with van der Waals surface area (Å²) in [5.41, 5.74) is 10.3. The molecule has 3 aromatic heterocycles. The van der Waals surface area contributed by atoms with Crippen molar-refractivity contribution in [1.82, 2.24) is 29.4 Å². The highest BCUT2D eigenvalue weighted by Gasteiger charge is 2.33. The lowest BCUT2D eigenvalue weighted by Crippen LogP contribution is -2.26. The zero-order chi connectivity index (χ0) is 23.7. The number of hydrogen-bond donors (Lipinski definition) is 1. The van der Waals surface area contributed by atoms with Crippen LogP contribution in [0, 0.1) is 0 Å². The van der Waals surface area contributed by atoms with E-state index in [9.17, 15) is 4.79 Å². The molecule has 1 aromatic carbocycles. The van der Waals surface area contributed by atoms with E-state index in [1.165, 1.54) is 12.4 Å². The van der Waals surface area contributed by atoms with Crippen LogP contribution in [0.1, 0.15) is 25.0 Å². The van der Waals surface area contributed by atoms with E-state index < -0.39 is 0 Å². The van der Waals surface area contributed by atoms with E-state index in [1.807, 2.05) is 29.2 Å². The van der Waals surface area contributed by atoms with E-state index >= 15 is 0 Å². The van der Waals surface area contributed by atoms with E-state index in [0.29, 0.717) is 24.7 Å². The molecule has 9 heteroatoms. The number of nitrogens with two attached hydrogens (primary N) is 1. The number of likely N-dealkylation sites (tertiary alicyclic amines) is 1. The molecular weight excluding hydrogens is 430 g/mol. The number of carbonyl (C=O) groups excluding carboxylic acids is 1. The Morgan fingerprint density at radius 1 is 1.21 bits per heavy atom. The van der Waals surface area contributed by atoms with Gasteiger partial charge in [0, 0.05) is 49.2 Å². The van der Waals surface area contributed by atoms with Crippen LogP contribution in [-0.4, -0.2) is 48.4 Å². The van der Waals surface area contributed by atoms with Crippen LogP contribution in [0.2, 0.25) is 0 Å². The van der Waals surface area contributed by atoms with Gasteiger partial charge in [-0.15, -0.1) is 0 Å². The van der Waals surface area contributed by atoms with Crippen LogP contribution in [0.25, 0.3) is 22.2 Å². The summed E-state index contributed by atoms with van der Waals surface area (Å²) in [4.78, 5) is 31.1. The molecule has 4 heterocycles. The molecule has 34 heavy (non-hydrogen) atoms. The van der Waals surface area contributed by atoms with Crippen molar-refractivity contribution in [1.29, 1.82) is 0 Å². The summed E-state index contributed by atoms with van der Waals surface area (Å²) in [5, 5.41) is 0.827. The second kappa shape index (κ2) is 8.93. The first-order chi connectivity index (χ1) is 16.6. The molecule has 0 aliphatic carbocycles. The Hall–Kier alpha value is -4.27. The van der Waals surface area contributed by atoms with Gasteiger partial charge in [0.1, 0.15) is 23.5 Å². The van der Waals surface area contributed by atoms with Gasteiger partial charge in [0.25, 0.3) is 0 Å². The summed E-state index contributed by atoms with van der Waals surface area (Å²) >= 11 is 0. The van der Waals surface area contributed by atoms with Crippen molar-refractivity contribution in [2.75, 3.05) is 18.8 Å². The molecule has 1 fully saturated rings. The molecule has 0 unspecified atom stereocenters. The molecule has 0 radical (unpaired) electrons. The molecule has 0 spiro atoms. The fraction of sp³-hybridized carbons (Fsp3) is 0.240. The summed E-state index contributed by atoms with van der Waals surface area (Å²) in [6, 6.07) is 9.77. The lowest BCUT2D eigenvalue weighted by atomic mass is 9.94. The van der Waals surface area contributed by atoms with Crippen LogP contribution < -0.4 is 10.5 Å². The van der Waals surface area contributed by atoms with Crippen molar-refractivity contribution in [3.05, 3.63) is 67.4 Å². The average molecular weight is 456 g/mol. The Kier molecular flexibility index (Phi) is 5.67. The molecule has 4 aromatic rings. The molecule has 172 valence electrons. The number of benzene rings is 1. The Bertz CT molecular complexity index is 1350. The predicted octanol–water partition coefficient (Wildman–Crippen LogP) is 3.78. The van der Waals surface area contributed by atoms with Crippen LogP contribution >= 0.6 is 0 Å². The number of carbonyl (C=O) groups is 1. The maximum Gasteiger partial charge on any atom is 0.321 e. The third kappa shape index (κ3) is 3.75. The fourth-order valence-corrected chi connectivity index (χ4v) is 4.69. The largest absolute Gasteiger partial charge is 0.424 e. The first-order valence-corrected chi connectivity index (χ1v) is 11.2. The highest BCUT2D eigenvalue weighted by molar-refractivity contribution is 6.02. The van der Waals surface area contributed by atoms with Crippen molar-refractivity contribution in [3.63, 3.8) is 0 Å². The first-order valence-electron chi connectivity index (χ1n) is 11.2. The minimum absolute atomic E-state index is 0.0489. The number of amides is 1. The second-order valence-corrected chi connectivity index (χ2v) is 8.09. The number of anilines is 1. The van der Waals surface area contributed by atoms with Crippen LogP contribution in [0.5, 0.6) is 11.8 Å². The average Bonchev–Trinajstić information content (AvgIpc) is 3.48. The minimum atomic E-state index is -0.0489. The van der Waals surface area contributed by atoms with Gasteiger partial charge in [-0.1, -0.05) is 18.7 Å². The van der Waals surface area contributed by atoms with Gasteiger partial charge in [-0.3, -0.25) is 4.79 Å². The molecule has 5 rings (SSSR count). The smallest absolute Gasteiger partial charge is 0.321 e. The van der Waals surface area contributed by atoms with Gasteiger partial charge in [0.05, 0.1) is 5.39 Å². The lowest BCUT2D eigenvalue weighted by Gasteiger charge is -2.18. The molecule has 9 nitrogen and oxygen atoms in total. The highest BCUT2D eigenvalue weighted by Crippen LogP contribution is 2.43. The van der Waals surface area contributed by atoms with Crippen LogP contribution in [0.15, 0.2) is 61.7 Å². The molecule has 1 saturated heterocycles. The van der Waals surface area contributed by atoms with Crippen molar-refractivity contribution < 1.29 is 9.53 Å². The standard InChI is InChI=1S/C25H25N7O2/c1-3-19(33)31-13-10-17(14-31)22-20(21-23(26)29-15-30-24(21)32(22)4-2)16-6-8-18(9-7-16)34-25-27-11-5-12-28-25/h3,5-9,11-12,15,17H,1,4,10,13-14H2,2H3,(H2,26,29,30)/t17-/m0/s1. The molecule has 2 N–H and O–H groups in total. The maximum absolute atomic E-state index is 12.2. The van der Waals surface area contributed by atoms with Gasteiger partial charge < -0.3 is 19.9 Å². The van der Waals surface area contributed by atoms with Crippen LogP contribution in [-0.2, 0) is 11.3 Å². The molecule has 1 aliphatic heterocycles. The monoisotopic (exact) mass is 455 g/mol. The molecular formula is C25H25N7O2. The number of hydrogen-bond acceptors (Lipinski definition) is 7. The number of nitrogens with zero attached hydrogens (tertiary/aromatic N) is 6. The number of aryl methyl sites for hydroxylation is 1. The molecule has 1 atom stereocenters. The quantitative estimate of drug-likeness (QED) is 0.440. The van der Waals surface area contributed by atoms with Crippen molar-refractivity contribution in [2.24, 2.45) is 0 Å². The Morgan fingerprint density at radius 3 is 2.68 bits per heavy atom. The summed E-state index contributed by atoms with van der Waals surface area (Å²) in [6.45, 7) is 7.75. The number of ether oxygens (including phenoxy) is 1. The van der Waals surface area contributed by atoms with Gasteiger partial charge in [0.15, 0.2) is 0 Å². The second-order valence-electron chi connectivity index (χ2n) is 8.09. The molecule has 0 saturated carbocycles. The van der Waals surface area contributed by atoms with Gasteiger partial charge in [-0.25, -0.2) is 19.9 Å². The van der Waals surface area contributed by atoms with Crippen molar-refractivity contribution >= 4 is 22.8 Å². The summed E-state index contributed by atoms with van der Waals surface area (Å²) in [6.07, 6.45) is 6.98. The first kappa shape index (κ1) is 21.6. The normalized spacial score (nSPS) is 15.6. The third-order valence-electron chi connectivity index (χ3n) is 6.18. The zero-order valence-electron chi connectivity index (χ0n) is 18.9. The number of rotatable bonds is 6. The number of nitrogen functional groups attached to an aromatic ring is 1. The Labute approximate surface area is 196 Å². The predicted molar refractivity (Wildman–Crippen MR) is 129 cm³/mol. The van der Waals surface area contributed by atoms with Crippen LogP contribution in [0.4, 0.5) is 5.82 Å². The van der Waals surface area contributed by atoms with Crippen molar-refractivity contribution in [3.8, 4) is 22.9 Å². The highest BCUT2D eigenvalue weighted by atomic mass is 16.5. The molecule has 0 bridgehead atoms. The Balaban J connectivity index is 1.61. The van der Waals surface area contributed by atoms with E-state index in [1.54, 1.807) is 18.5 Å². The zero-order valence-corrected chi connectivity index (χ0v) is 18.9. The SMILES string of the molecule is C=CC(=O)N1CC[C@H](c2c(-c3ccc(Oc4ncccn4)cc3)c3c(N)ncnc3n2CC)C1. The Morgan fingerprint density at radius 2 is 1.97 bits per heavy atom. The maximum atomic E-state index is 12.2. The summed E-state index contributed by atoms with van der Waals surface area (Å²) in [5.74, 6) is 1.15. The molecule has 1 amide bonds. The minimum Gasteiger partial charge on any atom is -0.424 e. The third-order valence-corrected chi connectivity index (χ3v) is 6.18. The fourth-order valence-electron chi connectivity index (χ4n) is 4.69. The van der Waals surface area contributed by atoms with Gasteiger partial charge in [-0.2, -0.15) is 0 Å². The number of aromatic nitrogens is 5. The lowest BCUT2D eigenvalue weighted by molar-refractivity contribution is -0.125.